The van der Waals surface area contributed by atoms with Gasteiger partial charge in [-0.1, -0.05) is 0 Å². The number of amides is 1. The van der Waals surface area contributed by atoms with Crippen LogP contribution in [0.1, 0.15) is 10.5 Å². The number of hydrogen-bond donors (Lipinski definition) is 1. The molecule has 0 aromatic carbocycles. The number of nitrogens with two attached hydrogens (primary N) is 1. The summed E-state index contributed by atoms with van der Waals surface area (Å²) in [5.74, 6) is -0.541. The number of carbonyl (C=O) groups is 1. The van der Waals surface area contributed by atoms with E-state index in [-0.39, 0.29) is 5.69 Å². The minimum atomic E-state index is -0.541. The molecule has 2 aromatic heterocycles. The van der Waals surface area contributed by atoms with Crippen LogP contribution in [-0.4, -0.2) is 20.3 Å². The predicted molar refractivity (Wildman–Crippen MR) is 41.5 cm³/mol. The van der Waals surface area contributed by atoms with Crippen LogP contribution in [0.2, 0.25) is 0 Å². The van der Waals surface area contributed by atoms with Crippen LogP contribution in [0.25, 0.3) is 5.52 Å². The summed E-state index contributed by atoms with van der Waals surface area (Å²) in [5, 5.41) is 0. The first-order chi connectivity index (χ1) is 5.79. The van der Waals surface area contributed by atoms with Gasteiger partial charge in [-0.15, -0.1) is 0 Å². The van der Waals surface area contributed by atoms with E-state index in [1.54, 1.807) is 23.1 Å². The van der Waals surface area contributed by atoms with Crippen molar-refractivity contribution in [3.63, 3.8) is 0 Å². The van der Waals surface area contributed by atoms with Crippen LogP contribution < -0.4 is 5.73 Å². The number of aromatic nitrogens is 3. The van der Waals surface area contributed by atoms with E-state index in [4.69, 9.17) is 5.73 Å². The van der Waals surface area contributed by atoms with Gasteiger partial charge in [-0.3, -0.25) is 4.79 Å². The molecule has 0 saturated heterocycles. The molecular formula is C7H6N4O. The molecule has 0 bridgehead atoms. The zero-order chi connectivity index (χ0) is 8.55. The van der Waals surface area contributed by atoms with Crippen molar-refractivity contribution in [3.8, 4) is 0 Å². The Morgan fingerprint density at radius 3 is 3.17 bits per heavy atom. The topological polar surface area (TPSA) is 73.3 Å². The summed E-state index contributed by atoms with van der Waals surface area (Å²) < 4.78 is 1.69. The third-order valence-electron chi connectivity index (χ3n) is 1.57. The third-order valence-corrected chi connectivity index (χ3v) is 1.57. The summed E-state index contributed by atoms with van der Waals surface area (Å²) in [6, 6.07) is 0. The lowest BCUT2D eigenvalue weighted by Gasteiger charge is -1.96. The van der Waals surface area contributed by atoms with Gasteiger partial charge < -0.3 is 10.1 Å². The summed E-state index contributed by atoms with van der Waals surface area (Å²) in [4.78, 5) is 18.5. The molecular weight excluding hydrogens is 156 g/mol. The highest BCUT2D eigenvalue weighted by Gasteiger charge is 2.07. The van der Waals surface area contributed by atoms with Crippen molar-refractivity contribution >= 4 is 11.4 Å². The van der Waals surface area contributed by atoms with Gasteiger partial charge in [0.2, 0.25) is 0 Å². The fraction of sp³-hybridized carbons (Fsp3) is 0. The zero-order valence-electron chi connectivity index (χ0n) is 6.14. The van der Waals surface area contributed by atoms with Crippen molar-refractivity contribution in [3.05, 3.63) is 30.6 Å². The number of nitrogens with zero attached hydrogens (tertiary/aromatic N) is 3. The average molecular weight is 162 g/mol. The molecule has 2 N–H and O–H groups in total. The Hall–Kier alpha value is -1.91. The minimum absolute atomic E-state index is 0.245. The lowest BCUT2D eigenvalue weighted by Crippen LogP contribution is -2.14. The van der Waals surface area contributed by atoms with Gasteiger partial charge in [0.05, 0.1) is 18.0 Å². The molecule has 0 unspecified atom stereocenters. The molecule has 12 heavy (non-hydrogen) atoms. The summed E-state index contributed by atoms with van der Waals surface area (Å²) in [6.07, 6.45) is 6.35. The quantitative estimate of drug-likeness (QED) is 0.632. The molecule has 0 aliphatic heterocycles. The number of hydrogen-bond acceptors (Lipinski definition) is 3. The van der Waals surface area contributed by atoms with Gasteiger partial charge in [0.25, 0.3) is 5.91 Å². The number of fused-ring (bicyclic) bond motifs is 1. The fourth-order valence-electron chi connectivity index (χ4n) is 1.04. The van der Waals surface area contributed by atoms with E-state index >= 15 is 0 Å². The van der Waals surface area contributed by atoms with Crippen molar-refractivity contribution in [2.24, 2.45) is 5.73 Å². The molecule has 0 radical (unpaired) electrons. The van der Waals surface area contributed by atoms with Gasteiger partial charge in [0.15, 0.2) is 5.69 Å². The van der Waals surface area contributed by atoms with Gasteiger partial charge in [0, 0.05) is 12.4 Å². The van der Waals surface area contributed by atoms with E-state index in [0.717, 1.165) is 0 Å². The Kier molecular flexibility index (Phi) is 1.30. The second kappa shape index (κ2) is 2.30. The fourth-order valence-corrected chi connectivity index (χ4v) is 1.04. The summed E-state index contributed by atoms with van der Waals surface area (Å²) in [5.41, 5.74) is 5.97. The first-order valence-electron chi connectivity index (χ1n) is 3.35. The molecule has 0 spiro atoms. The van der Waals surface area contributed by atoms with Crippen LogP contribution in [0.4, 0.5) is 0 Å². The second-order valence-corrected chi connectivity index (χ2v) is 2.33. The monoisotopic (exact) mass is 162 g/mol. The molecule has 0 fully saturated rings. The van der Waals surface area contributed by atoms with Crippen LogP contribution in [-0.2, 0) is 0 Å². The first-order valence-corrected chi connectivity index (χ1v) is 3.35. The molecule has 2 rings (SSSR count). The normalized spacial score (nSPS) is 10.3. The first kappa shape index (κ1) is 6.78. The smallest absolute Gasteiger partial charge is 0.269 e. The van der Waals surface area contributed by atoms with Crippen molar-refractivity contribution in [2.45, 2.75) is 0 Å². The van der Waals surface area contributed by atoms with Crippen molar-refractivity contribution in [1.29, 1.82) is 0 Å². The number of rotatable bonds is 1. The maximum absolute atomic E-state index is 10.8. The lowest BCUT2D eigenvalue weighted by atomic mass is 10.3. The third kappa shape index (κ3) is 0.833. The number of carbonyl (C=O) groups excluding carboxylic acids is 1. The van der Waals surface area contributed by atoms with Crippen LogP contribution in [0.3, 0.4) is 0 Å². The molecule has 0 saturated carbocycles. The van der Waals surface area contributed by atoms with E-state index in [2.05, 4.69) is 9.97 Å². The lowest BCUT2D eigenvalue weighted by molar-refractivity contribution is 0.0997. The molecule has 2 aromatic rings. The molecule has 5 heteroatoms. The van der Waals surface area contributed by atoms with E-state index in [1.807, 2.05) is 0 Å². The van der Waals surface area contributed by atoms with Gasteiger partial charge in [0.1, 0.15) is 0 Å². The predicted octanol–water partition coefficient (Wildman–Crippen LogP) is -0.172. The molecule has 5 nitrogen and oxygen atoms in total. The molecule has 0 aliphatic rings. The van der Waals surface area contributed by atoms with Crippen LogP contribution >= 0.6 is 0 Å². The van der Waals surface area contributed by atoms with Gasteiger partial charge >= 0.3 is 0 Å². The van der Waals surface area contributed by atoms with Gasteiger partial charge in [-0.25, -0.2) is 9.97 Å². The highest BCUT2D eigenvalue weighted by molar-refractivity contribution is 5.97. The SMILES string of the molecule is NC(=O)c1nccn2cncc12. The van der Waals surface area contributed by atoms with Gasteiger partial charge in [-0.2, -0.15) is 0 Å². The zero-order valence-corrected chi connectivity index (χ0v) is 6.14. The number of imidazole rings is 1. The Morgan fingerprint density at radius 1 is 1.58 bits per heavy atom. The maximum atomic E-state index is 10.8. The number of primary amides is 1. The Labute approximate surface area is 67.9 Å². The maximum Gasteiger partial charge on any atom is 0.269 e. The highest BCUT2D eigenvalue weighted by Crippen LogP contribution is 2.04. The molecule has 60 valence electrons. The minimum Gasteiger partial charge on any atom is -0.364 e. The summed E-state index contributed by atoms with van der Waals surface area (Å²) >= 11 is 0. The Bertz CT molecular complexity index is 434. The molecule has 0 atom stereocenters. The van der Waals surface area contributed by atoms with Crippen molar-refractivity contribution in [2.75, 3.05) is 0 Å². The second-order valence-electron chi connectivity index (χ2n) is 2.33. The Morgan fingerprint density at radius 2 is 2.42 bits per heavy atom. The van der Waals surface area contributed by atoms with Crippen LogP contribution in [0.15, 0.2) is 24.9 Å². The van der Waals surface area contributed by atoms with Crippen molar-refractivity contribution < 1.29 is 4.79 Å². The largest absolute Gasteiger partial charge is 0.364 e. The molecule has 0 aliphatic carbocycles. The van der Waals surface area contributed by atoms with E-state index in [0.29, 0.717) is 5.52 Å². The highest BCUT2D eigenvalue weighted by atomic mass is 16.1. The standard InChI is InChI=1S/C7H6N4O/c8-7(12)6-5-3-9-4-11(5)2-1-10-6/h1-4H,(H2,8,12). The van der Waals surface area contributed by atoms with Crippen LogP contribution in [0.5, 0.6) is 0 Å². The van der Waals surface area contributed by atoms with E-state index < -0.39 is 5.91 Å². The van der Waals surface area contributed by atoms with Gasteiger partial charge in [-0.05, 0) is 0 Å². The summed E-state index contributed by atoms with van der Waals surface area (Å²) in [7, 11) is 0. The van der Waals surface area contributed by atoms with E-state index in [1.165, 1.54) is 6.20 Å². The van der Waals surface area contributed by atoms with E-state index in [9.17, 15) is 4.79 Å². The Balaban J connectivity index is 2.82. The average Bonchev–Trinajstić information content (AvgIpc) is 2.49. The summed E-state index contributed by atoms with van der Waals surface area (Å²) in [6.45, 7) is 0. The van der Waals surface area contributed by atoms with Crippen molar-refractivity contribution in [1.82, 2.24) is 14.4 Å². The van der Waals surface area contributed by atoms with Crippen LogP contribution in [0, 0.1) is 0 Å². The molecule has 1 amide bonds. The molecule has 2 heterocycles.